The Kier molecular flexibility index (Phi) is 3.75. The molecule has 0 bridgehead atoms. The van der Waals surface area contributed by atoms with Gasteiger partial charge in [-0.15, -0.1) is 0 Å². The number of nitrogens with two attached hydrogens (primary N) is 1. The molecular weight excluding hydrogens is 276 g/mol. The first kappa shape index (κ1) is 14.4. The maximum absolute atomic E-state index is 12.3. The van der Waals surface area contributed by atoms with Gasteiger partial charge in [0.1, 0.15) is 5.75 Å². The number of anilines is 1. The van der Waals surface area contributed by atoms with Crippen LogP contribution in [0.1, 0.15) is 28.8 Å². The smallest absolute Gasteiger partial charge is 0.253 e. The van der Waals surface area contributed by atoms with Gasteiger partial charge in [-0.05, 0) is 30.5 Å². The Morgan fingerprint density at radius 2 is 1.95 bits per heavy atom. The number of benzene rings is 2. The summed E-state index contributed by atoms with van der Waals surface area (Å²) in [7, 11) is 1.57. The monoisotopic (exact) mass is 296 g/mol. The summed E-state index contributed by atoms with van der Waals surface area (Å²) in [4.78, 5) is 12.3. The first-order valence-electron chi connectivity index (χ1n) is 7.42. The number of ether oxygens (including phenoxy) is 1. The Morgan fingerprint density at radius 3 is 2.55 bits per heavy atom. The highest BCUT2D eigenvalue weighted by Gasteiger charge is 2.44. The van der Waals surface area contributed by atoms with Crippen molar-refractivity contribution in [3.8, 4) is 5.75 Å². The van der Waals surface area contributed by atoms with E-state index in [9.17, 15) is 4.79 Å². The molecule has 22 heavy (non-hydrogen) atoms. The zero-order valence-corrected chi connectivity index (χ0v) is 12.6. The average molecular weight is 296 g/mol. The van der Waals surface area contributed by atoms with Crippen molar-refractivity contribution in [2.75, 3.05) is 19.4 Å². The molecular formula is C18H20N2O2. The van der Waals surface area contributed by atoms with Crippen LogP contribution < -0.4 is 15.8 Å². The molecule has 3 rings (SSSR count). The Balaban J connectivity index is 1.68. The van der Waals surface area contributed by atoms with Crippen molar-refractivity contribution in [1.82, 2.24) is 5.32 Å². The van der Waals surface area contributed by atoms with Crippen molar-refractivity contribution in [3.63, 3.8) is 0 Å². The number of hydrogen-bond acceptors (Lipinski definition) is 3. The fraction of sp³-hybridized carbons (Fsp3) is 0.278. The fourth-order valence-electron chi connectivity index (χ4n) is 2.73. The molecule has 2 aromatic rings. The van der Waals surface area contributed by atoms with Crippen LogP contribution in [-0.4, -0.2) is 19.6 Å². The molecule has 0 spiro atoms. The third-order valence-corrected chi connectivity index (χ3v) is 4.33. The highest BCUT2D eigenvalue weighted by molar-refractivity contribution is 5.99. The van der Waals surface area contributed by atoms with Gasteiger partial charge in [0.25, 0.3) is 5.91 Å². The van der Waals surface area contributed by atoms with Crippen molar-refractivity contribution in [2.24, 2.45) is 0 Å². The largest absolute Gasteiger partial charge is 0.497 e. The highest BCUT2D eigenvalue weighted by atomic mass is 16.5. The molecule has 1 aliphatic rings. The summed E-state index contributed by atoms with van der Waals surface area (Å²) in [6.07, 6.45) is 2.21. The van der Waals surface area contributed by atoms with Gasteiger partial charge < -0.3 is 15.8 Å². The molecule has 2 aromatic carbocycles. The molecule has 1 aliphatic carbocycles. The summed E-state index contributed by atoms with van der Waals surface area (Å²) in [6.45, 7) is 0.640. The van der Waals surface area contributed by atoms with Crippen LogP contribution in [0.4, 0.5) is 5.69 Å². The van der Waals surface area contributed by atoms with E-state index in [0.717, 1.165) is 12.8 Å². The van der Waals surface area contributed by atoms with E-state index in [1.165, 1.54) is 5.56 Å². The number of amides is 1. The maximum atomic E-state index is 12.3. The van der Waals surface area contributed by atoms with E-state index in [4.69, 9.17) is 10.5 Å². The van der Waals surface area contributed by atoms with Crippen LogP contribution in [0, 0.1) is 0 Å². The van der Waals surface area contributed by atoms with Crippen LogP contribution in [-0.2, 0) is 5.41 Å². The fourth-order valence-corrected chi connectivity index (χ4v) is 2.73. The van der Waals surface area contributed by atoms with Crippen LogP contribution in [0.2, 0.25) is 0 Å². The van der Waals surface area contributed by atoms with Crippen molar-refractivity contribution < 1.29 is 9.53 Å². The third kappa shape index (κ3) is 2.77. The lowest BCUT2D eigenvalue weighted by Crippen LogP contribution is -2.32. The van der Waals surface area contributed by atoms with Gasteiger partial charge in [0, 0.05) is 23.7 Å². The molecule has 1 saturated carbocycles. The SMILES string of the molecule is COc1ccc(C(=O)NCC2(c3ccccc3)CC2)c(N)c1. The van der Waals surface area contributed by atoms with Crippen molar-refractivity contribution in [3.05, 3.63) is 59.7 Å². The lowest BCUT2D eigenvalue weighted by molar-refractivity contribution is 0.0950. The predicted octanol–water partition coefficient (Wildman–Crippen LogP) is 2.74. The summed E-state index contributed by atoms with van der Waals surface area (Å²) in [5.74, 6) is 0.513. The van der Waals surface area contributed by atoms with E-state index in [1.54, 1.807) is 25.3 Å². The second-order valence-electron chi connectivity index (χ2n) is 5.78. The number of carbonyl (C=O) groups excluding carboxylic acids is 1. The minimum atomic E-state index is -0.137. The molecule has 4 heteroatoms. The summed E-state index contributed by atoms with van der Waals surface area (Å²) in [5, 5.41) is 3.02. The van der Waals surface area contributed by atoms with Gasteiger partial charge in [-0.3, -0.25) is 4.79 Å². The second kappa shape index (κ2) is 5.72. The van der Waals surface area contributed by atoms with Gasteiger partial charge in [-0.25, -0.2) is 0 Å². The number of rotatable bonds is 5. The zero-order valence-electron chi connectivity index (χ0n) is 12.6. The lowest BCUT2D eigenvalue weighted by Gasteiger charge is -2.17. The maximum Gasteiger partial charge on any atom is 0.253 e. The Bertz CT molecular complexity index is 679. The minimum Gasteiger partial charge on any atom is -0.497 e. The lowest BCUT2D eigenvalue weighted by atomic mass is 9.96. The number of methoxy groups -OCH3 is 1. The van der Waals surface area contributed by atoms with Crippen molar-refractivity contribution in [2.45, 2.75) is 18.3 Å². The molecule has 4 nitrogen and oxygen atoms in total. The first-order chi connectivity index (χ1) is 10.6. The van der Waals surface area contributed by atoms with E-state index in [2.05, 4.69) is 17.4 Å². The Hall–Kier alpha value is -2.49. The van der Waals surface area contributed by atoms with Crippen molar-refractivity contribution in [1.29, 1.82) is 0 Å². The summed E-state index contributed by atoms with van der Waals surface area (Å²) >= 11 is 0. The molecule has 0 radical (unpaired) electrons. The van der Waals surface area contributed by atoms with Gasteiger partial charge >= 0.3 is 0 Å². The van der Waals surface area contributed by atoms with Gasteiger partial charge in [0.2, 0.25) is 0 Å². The minimum absolute atomic E-state index is 0.0954. The average Bonchev–Trinajstić information content (AvgIpc) is 3.34. The third-order valence-electron chi connectivity index (χ3n) is 4.33. The molecule has 0 aliphatic heterocycles. The molecule has 0 saturated heterocycles. The van der Waals surface area contributed by atoms with Gasteiger partial charge in [0.05, 0.1) is 12.7 Å². The Morgan fingerprint density at radius 1 is 1.23 bits per heavy atom. The van der Waals surface area contributed by atoms with Crippen LogP contribution in [0.25, 0.3) is 0 Å². The topological polar surface area (TPSA) is 64.3 Å². The van der Waals surface area contributed by atoms with E-state index < -0.39 is 0 Å². The normalized spacial score (nSPS) is 15.1. The molecule has 114 valence electrons. The molecule has 0 atom stereocenters. The molecule has 1 amide bonds. The second-order valence-corrected chi connectivity index (χ2v) is 5.78. The van der Waals surface area contributed by atoms with E-state index in [-0.39, 0.29) is 11.3 Å². The Labute approximate surface area is 130 Å². The van der Waals surface area contributed by atoms with Crippen LogP contribution in [0.3, 0.4) is 0 Å². The summed E-state index contributed by atoms with van der Waals surface area (Å²) in [5.41, 5.74) is 8.23. The van der Waals surface area contributed by atoms with Crippen LogP contribution >= 0.6 is 0 Å². The standard InChI is InChI=1S/C18H20N2O2/c1-22-14-7-8-15(16(19)11-14)17(21)20-12-18(9-10-18)13-5-3-2-4-6-13/h2-8,11H,9-10,12,19H2,1H3,(H,20,21). The number of hydrogen-bond donors (Lipinski definition) is 2. The van der Waals surface area contributed by atoms with Crippen molar-refractivity contribution >= 4 is 11.6 Å². The van der Waals surface area contributed by atoms with E-state index in [0.29, 0.717) is 23.5 Å². The number of nitrogen functional groups attached to an aromatic ring is 1. The van der Waals surface area contributed by atoms with Gasteiger partial charge in [-0.2, -0.15) is 0 Å². The molecule has 3 N–H and O–H groups in total. The number of carbonyl (C=O) groups is 1. The van der Waals surface area contributed by atoms with E-state index in [1.807, 2.05) is 18.2 Å². The summed E-state index contributed by atoms with van der Waals surface area (Å²) < 4.78 is 5.10. The van der Waals surface area contributed by atoms with Crippen LogP contribution in [0.15, 0.2) is 48.5 Å². The first-order valence-corrected chi connectivity index (χ1v) is 7.42. The molecule has 1 fully saturated rings. The predicted molar refractivity (Wildman–Crippen MR) is 87.1 cm³/mol. The van der Waals surface area contributed by atoms with Crippen LogP contribution in [0.5, 0.6) is 5.75 Å². The summed E-state index contributed by atoms with van der Waals surface area (Å²) in [6, 6.07) is 15.5. The molecule has 0 heterocycles. The molecule has 0 aromatic heterocycles. The van der Waals surface area contributed by atoms with E-state index >= 15 is 0 Å². The zero-order chi connectivity index (χ0) is 15.6. The van der Waals surface area contributed by atoms with Gasteiger partial charge in [0.15, 0.2) is 0 Å². The number of nitrogens with one attached hydrogen (secondary N) is 1. The molecule has 0 unspecified atom stereocenters. The quantitative estimate of drug-likeness (QED) is 0.834. The highest BCUT2D eigenvalue weighted by Crippen LogP contribution is 2.47. The van der Waals surface area contributed by atoms with Gasteiger partial charge in [-0.1, -0.05) is 30.3 Å².